The van der Waals surface area contributed by atoms with E-state index < -0.39 is 10.0 Å². The summed E-state index contributed by atoms with van der Waals surface area (Å²) in [5.74, 6) is 0.226. The van der Waals surface area contributed by atoms with Gasteiger partial charge in [-0.15, -0.1) is 0 Å². The van der Waals surface area contributed by atoms with Crippen LogP contribution in [0.1, 0.15) is 37.3 Å². The van der Waals surface area contributed by atoms with Gasteiger partial charge in [-0.1, -0.05) is 55.5 Å². The average molecular weight is 513 g/mol. The minimum absolute atomic E-state index is 0.0266. The van der Waals surface area contributed by atoms with E-state index in [2.05, 4.69) is 28.9 Å². The van der Waals surface area contributed by atoms with E-state index in [9.17, 15) is 13.2 Å². The van der Waals surface area contributed by atoms with E-state index in [0.29, 0.717) is 25.3 Å². The van der Waals surface area contributed by atoms with Gasteiger partial charge in [0.05, 0.1) is 11.9 Å². The Morgan fingerprint density at radius 3 is 2.25 bits per heavy atom. The summed E-state index contributed by atoms with van der Waals surface area (Å²) in [5, 5.41) is 0. The largest absolute Gasteiger partial charge is 0.337 e. The highest BCUT2D eigenvalue weighted by Gasteiger charge is 2.30. The summed E-state index contributed by atoms with van der Waals surface area (Å²) >= 11 is 0. The van der Waals surface area contributed by atoms with Crippen LogP contribution in [0.15, 0.2) is 54.6 Å². The highest BCUT2D eigenvalue weighted by atomic mass is 32.2. The Labute approximate surface area is 216 Å². The number of piperidine rings is 1. The second-order valence-electron chi connectivity index (χ2n) is 10.0. The van der Waals surface area contributed by atoms with Crippen LogP contribution in [0.3, 0.4) is 0 Å². The molecule has 0 spiro atoms. The first-order valence-corrected chi connectivity index (χ1v) is 15.0. The second-order valence-corrected chi connectivity index (χ2v) is 12.0. The number of sulfonamides is 1. The number of hydrogen-bond donors (Lipinski definition) is 0. The normalized spacial score (nSPS) is 19.5. The minimum atomic E-state index is -3.46. The van der Waals surface area contributed by atoms with Crippen molar-refractivity contribution in [1.82, 2.24) is 14.7 Å². The van der Waals surface area contributed by atoms with Gasteiger partial charge in [0.2, 0.25) is 15.9 Å². The molecule has 2 aromatic carbocycles. The summed E-state index contributed by atoms with van der Waals surface area (Å²) < 4.78 is 27.2. The Balaban J connectivity index is 1.62. The fourth-order valence-corrected chi connectivity index (χ4v) is 6.39. The van der Waals surface area contributed by atoms with Crippen molar-refractivity contribution in [2.24, 2.45) is 5.92 Å². The number of carbonyl (C=O) groups is 1. The number of anilines is 1. The van der Waals surface area contributed by atoms with Crippen molar-refractivity contribution in [3.63, 3.8) is 0 Å². The molecule has 0 atom stereocenters. The summed E-state index contributed by atoms with van der Waals surface area (Å²) in [6.07, 6.45) is 3.76. The van der Waals surface area contributed by atoms with Crippen molar-refractivity contribution in [2.45, 2.75) is 39.3 Å². The van der Waals surface area contributed by atoms with Crippen LogP contribution in [0.4, 0.5) is 5.69 Å². The smallest absolute Gasteiger partial charge is 0.232 e. The van der Waals surface area contributed by atoms with Gasteiger partial charge in [0, 0.05) is 45.2 Å². The Hall–Kier alpha value is -2.42. The Bertz CT molecular complexity index is 1100. The Kier molecular flexibility index (Phi) is 9.04. The fraction of sp³-hybridized carbons (Fsp3) is 0.536. The standard InChI is InChI=1S/C28H40N4O3S/c1-3-29-18-14-25(15-19-29)28(33)31-21-20-30(22-24-10-5-4-6-11-24)16-9-17-32(36(2,34)35)27-13-8-7-12-26(27)23-31/h4-8,10-13,25H,3,9,14-23H2,1-2H3. The molecule has 1 fully saturated rings. The van der Waals surface area contributed by atoms with Gasteiger partial charge in [0.1, 0.15) is 0 Å². The highest BCUT2D eigenvalue weighted by molar-refractivity contribution is 7.92. The molecule has 4 rings (SSSR count). The first-order valence-electron chi connectivity index (χ1n) is 13.2. The van der Waals surface area contributed by atoms with E-state index >= 15 is 0 Å². The van der Waals surface area contributed by atoms with Crippen molar-refractivity contribution < 1.29 is 13.2 Å². The zero-order chi connectivity index (χ0) is 25.5. The molecule has 8 heteroatoms. The van der Waals surface area contributed by atoms with Gasteiger partial charge in [-0.2, -0.15) is 0 Å². The SMILES string of the molecule is CCN1CCC(C(=O)N2CCN(Cc3ccccc3)CCCN(S(C)(=O)=O)c3ccccc3C2)CC1. The lowest BCUT2D eigenvalue weighted by Gasteiger charge is -2.35. The maximum atomic E-state index is 13.8. The molecule has 2 aliphatic rings. The van der Waals surface area contributed by atoms with Crippen LogP contribution in [0.25, 0.3) is 0 Å². The molecule has 1 saturated heterocycles. The van der Waals surface area contributed by atoms with Crippen molar-refractivity contribution in [3.05, 3.63) is 65.7 Å². The van der Waals surface area contributed by atoms with E-state index in [1.807, 2.05) is 47.4 Å². The van der Waals surface area contributed by atoms with E-state index in [4.69, 9.17) is 0 Å². The third-order valence-electron chi connectivity index (χ3n) is 7.49. The molecule has 0 radical (unpaired) electrons. The molecular formula is C28H40N4O3S. The topological polar surface area (TPSA) is 64.2 Å². The number of fused-ring (bicyclic) bond motifs is 1. The van der Waals surface area contributed by atoms with Crippen LogP contribution >= 0.6 is 0 Å². The third-order valence-corrected chi connectivity index (χ3v) is 8.67. The number of likely N-dealkylation sites (tertiary alicyclic amines) is 1. The van der Waals surface area contributed by atoms with Crippen molar-refractivity contribution in [3.8, 4) is 0 Å². The lowest BCUT2D eigenvalue weighted by atomic mass is 9.95. The molecule has 0 saturated carbocycles. The van der Waals surface area contributed by atoms with Crippen molar-refractivity contribution >= 4 is 21.6 Å². The van der Waals surface area contributed by atoms with Crippen molar-refractivity contribution in [1.29, 1.82) is 0 Å². The van der Waals surface area contributed by atoms with Gasteiger partial charge in [-0.3, -0.25) is 14.0 Å². The highest BCUT2D eigenvalue weighted by Crippen LogP contribution is 2.27. The van der Waals surface area contributed by atoms with Gasteiger partial charge in [0.25, 0.3) is 0 Å². The molecule has 1 amide bonds. The van der Waals surface area contributed by atoms with Gasteiger partial charge >= 0.3 is 0 Å². The number of benzene rings is 2. The van der Waals surface area contributed by atoms with Gasteiger partial charge < -0.3 is 9.80 Å². The van der Waals surface area contributed by atoms with Crippen LogP contribution in [-0.2, 0) is 27.9 Å². The van der Waals surface area contributed by atoms with E-state index in [1.54, 1.807) is 0 Å². The Morgan fingerprint density at radius 1 is 0.861 bits per heavy atom. The molecule has 2 aliphatic heterocycles. The quantitative estimate of drug-likeness (QED) is 0.614. The molecule has 0 aromatic heterocycles. The lowest BCUT2D eigenvalue weighted by molar-refractivity contribution is -0.138. The molecule has 2 heterocycles. The van der Waals surface area contributed by atoms with E-state index in [0.717, 1.165) is 64.1 Å². The molecule has 0 N–H and O–H groups in total. The molecule has 7 nitrogen and oxygen atoms in total. The van der Waals surface area contributed by atoms with Crippen LogP contribution in [0.5, 0.6) is 0 Å². The molecule has 2 aromatic rings. The number of nitrogens with zero attached hydrogens (tertiary/aromatic N) is 4. The molecule has 196 valence electrons. The zero-order valence-corrected chi connectivity index (χ0v) is 22.5. The predicted molar refractivity (Wildman–Crippen MR) is 145 cm³/mol. The van der Waals surface area contributed by atoms with Crippen LogP contribution in [0.2, 0.25) is 0 Å². The summed E-state index contributed by atoms with van der Waals surface area (Å²) in [7, 11) is -3.46. The molecule has 0 bridgehead atoms. The zero-order valence-electron chi connectivity index (χ0n) is 21.7. The van der Waals surface area contributed by atoms with Gasteiger partial charge in [-0.05, 0) is 56.1 Å². The first-order chi connectivity index (χ1) is 17.3. The molecule has 0 unspecified atom stereocenters. The molecule has 36 heavy (non-hydrogen) atoms. The fourth-order valence-electron chi connectivity index (χ4n) is 5.39. The predicted octanol–water partition coefficient (Wildman–Crippen LogP) is 3.42. The summed E-state index contributed by atoms with van der Waals surface area (Å²) in [6.45, 7) is 8.89. The number of rotatable bonds is 5. The average Bonchev–Trinajstić information content (AvgIpc) is 2.92. The van der Waals surface area contributed by atoms with E-state index in [1.165, 1.54) is 16.1 Å². The number of carbonyl (C=O) groups excluding carboxylic acids is 1. The van der Waals surface area contributed by atoms with Crippen molar-refractivity contribution in [2.75, 3.05) is 56.4 Å². The summed E-state index contributed by atoms with van der Waals surface area (Å²) in [6, 6.07) is 18.0. The van der Waals surface area contributed by atoms with Gasteiger partial charge in [0.15, 0.2) is 0 Å². The first kappa shape index (κ1) is 26.6. The molecule has 0 aliphatic carbocycles. The Morgan fingerprint density at radius 2 is 1.56 bits per heavy atom. The summed E-state index contributed by atoms with van der Waals surface area (Å²) in [5.41, 5.74) is 2.80. The van der Waals surface area contributed by atoms with E-state index in [-0.39, 0.29) is 11.8 Å². The van der Waals surface area contributed by atoms with Gasteiger partial charge in [-0.25, -0.2) is 8.42 Å². The summed E-state index contributed by atoms with van der Waals surface area (Å²) in [4.78, 5) is 20.5. The third kappa shape index (κ3) is 6.87. The minimum Gasteiger partial charge on any atom is -0.337 e. The number of para-hydroxylation sites is 1. The monoisotopic (exact) mass is 512 g/mol. The second kappa shape index (κ2) is 12.2. The lowest BCUT2D eigenvalue weighted by Crippen LogP contribution is -2.44. The maximum Gasteiger partial charge on any atom is 0.232 e. The number of hydrogen-bond acceptors (Lipinski definition) is 5. The maximum absolute atomic E-state index is 13.8. The molecular weight excluding hydrogens is 472 g/mol. The van der Waals surface area contributed by atoms with Crippen LogP contribution in [0, 0.1) is 5.92 Å². The van der Waals surface area contributed by atoms with Crippen LogP contribution < -0.4 is 4.31 Å². The van der Waals surface area contributed by atoms with Crippen LogP contribution in [-0.4, -0.2) is 81.1 Å². The number of amides is 1.